The van der Waals surface area contributed by atoms with Crippen molar-refractivity contribution < 1.29 is 4.74 Å². The first-order valence-corrected chi connectivity index (χ1v) is 7.66. The van der Waals surface area contributed by atoms with E-state index in [-0.39, 0.29) is 5.41 Å². The summed E-state index contributed by atoms with van der Waals surface area (Å²) in [4.78, 5) is 8.95. The molecule has 0 atom stereocenters. The minimum Gasteiger partial charge on any atom is -0.497 e. The van der Waals surface area contributed by atoms with Gasteiger partial charge >= 0.3 is 0 Å². The SMILES string of the molecule is COc1ccc(Cn2nnc3c(Cl)nc(C(C)(C)C)nc32)cc1. The molecule has 0 aliphatic rings. The maximum Gasteiger partial charge on any atom is 0.183 e. The highest BCUT2D eigenvalue weighted by molar-refractivity contribution is 6.33. The van der Waals surface area contributed by atoms with E-state index in [4.69, 9.17) is 16.3 Å². The van der Waals surface area contributed by atoms with Gasteiger partial charge in [0.25, 0.3) is 0 Å². The normalized spacial score (nSPS) is 11.9. The molecule has 1 aromatic carbocycles. The highest BCUT2D eigenvalue weighted by atomic mass is 35.5. The van der Waals surface area contributed by atoms with Crippen LogP contribution in [-0.2, 0) is 12.0 Å². The van der Waals surface area contributed by atoms with Gasteiger partial charge in [0.1, 0.15) is 11.6 Å². The Hall–Kier alpha value is -2.21. The first-order chi connectivity index (χ1) is 10.9. The highest BCUT2D eigenvalue weighted by Crippen LogP contribution is 2.25. The molecule has 7 heteroatoms. The number of ether oxygens (including phenoxy) is 1. The van der Waals surface area contributed by atoms with Gasteiger partial charge in [-0.3, -0.25) is 0 Å². The summed E-state index contributed by atoms with van der Waals surface area (Å²) in [5.41, 5.74) is 2.04. The molecule has 0 amide bonds. The van der Waals surface area contributed by atoms with Crippen molar-refractivity contribution >= 4 is 22.8 Å². The number of hydrogen-bond acceptors (Lipinski definition) is 5. The lowest BCUT2D eigenvalue weighted by atomic mass is 9.96. The molecule has 0 bridgehead atoms. The fourth-order valence-corrected chi connectivity index (χ4v) is 2.37. The lowest BCUT2D eigenvalue weighted by Crippen LogP contribution is -2.17. The van der Waals surface area contributed by atoms with Gasteiger partial charge in [-0.25, -0.2) is 14.6 Å². The third kappa shape index (κ3) is 3.12. The molecule has 0 saturated carbocycles. The molecule has 0 N–H and O–H groups in total. The van der Waals surface area contributed by atoms with Crippen molar-refractivity contribution in [2.24, 2.45) is 0 Å². The summed E-state index contributed by atoms with van der Waals surface area (Å²) in [5.74, 6) is 1.49. The van der Waals surface area contributed by atoms with Crippen LogP contribution in [0.1, 0.15) is 32.2 Å². The zero-order chi connectivity index (χ0) is 16.6. The Labute approximate surface area is 139 Å². The van der Waals surface area contributed by atoms with Crippen molar-refractivity contribution in [1.29, 1.82) is 0 Å². The molecule has 2 aromatic heterocycles. The zero-order valence-electron chi connectivity index (χ0n) is 13.5. The van der Waals surface area contributed by atoms with Gasteiger partial charge in [0.05, 0.1) is 13.7 Å². The Kier molecular flexibility index (Phi) is 3.93. The number of aromatic nitrogens is 5. The average Bonchev–Trinajstić information content (AvgIpc) is 2.91. The molecule has 0 spiro atoms. The van der Waals surface area contributed by atoms with Crippen molar-refractivity contribution in [1.82, 2.24) is 25.0 Å². The fourth-order valence-electron chi connectivity index (χ4n) is 2.17. The van der Waals surface area contributed by atoms with Gasteiger partial charge in [0, 0.05) is 5.41 Å². The molecule has 0 unspecified atom stereocenters. The molecule has 0 aliphatic carbocycles. The third-order valence-corrected chi connectivity index (χ3v) is 3.75. The number of hydrogen-bond donors (Lipinski definition) is 0. The van der Waals surface area contributed by atoms with E-state index >= 15 is 0 Å². The van der Waals surface area contributed by atoms with Gasteiger partial charge in [0.15, 0.2) is 16.3 Å². The average molecular weight is 332 g/mol. The molecular weight excluding hydrogens is 314 g/mol. The Morgan fingerprint density at radius 2 is 1.83 bits per heavy atom. The van der Waals surface area contributed by atoms with Crippen LogP contribution in [0.5, 0.6) is 5.75 Å². The Bertz CT molecular complexity index is 836. The van der Waals surface area contributed by atoms with E-state index in [1.165, 1.54) is 0 Å². The Balaban J connectivity index is 2.02. The van der Waals surface area contributed by atoms with Gasteiger partial charge in [-0.2, -0.15) is 0 Å². The van der Waals surface area contributed by atoms with Crippen LogP contribution in [0.4, 0.5) is 0 Å². The van der Waals surface area contributed by atoms with Crippen LogP contribution >= 0.6 is 11.6 Å². The molecule has 0 fully saturated rings. The van der Waals surface area contributed by atoms with Crippen molar-refractivity contribution in [3.8, 4) is 5.75 Å². The van der Waals surface area contributed by atoms with Crippen molar-refractivity contribution in [2.75, 3.05) is 7.11 Å². The number of rotatable bonds is 3. The smallest absolute Gasteiger partial charge is 0.183 e. The zero-order valence-corrected chi connectivity index (χ0v) is 14.3. The standard InChI is InChI=1S/C16H18ClN5O/c1-16(2,3)15-18-13(17)12-14(19-15)22(21-20-12)9-10-5-7-11(23-4)8-6-10/h5-8H,9H2,1-4H3. The monoisotopic (exact) mass is 331 g/mol. The van der Waals surface area contributed by atoms with Crippen LogP contribution in [0.2, 0.25) is 5.15 Å². The number of fused-ring (bicyclic) bond motifs is 1. The summed E-state index contributed by atoms with van der Waals surface area (Å²) in [6.07, 6.45) is 0. The second kappa shape index (κ2) is 5.77. The molecule has 23 heavy (non-hydrogen) atoms. The number of benzene rings is 1. The van der Waals surface area contributed by atoms with Crippen molar-refractivity contribution in [3.63, 3.8) is 0 Å². The lowest BCUT2D eigenvalue weighted by molar-refractivity contribution is 0.414. The van der Waals surface area contributed by atoms with Crippen molar-refractivity contribution in [2.45, 2.75) is 32.7 Å². The van der Waals surface area contributed by atoms with Crippen LogP contribution in [0.15, 0.2) is 24.3 Å². The summed E-state index contributed by atoms with van der Waals surface area (Å²) in [6, 6.07) is 7.80. The molecule has 3 aromatic rings. The maximum atomic E-state index is 6.24. The summed E-state index contributed by atoms with van der Waals surface area (Å²) < 4.78 is 6.91. The van der Waals surface area contributed by atoms with E-state index in [1.807, 2.05) is 45.0 Å². The van der Waals surface area contributed by atoms with Gasteiger partial charge in [-0.15, -0.1) is 5.10 Å². The van der Waals surface area contributed by atoms with E-state index in [9.17, 15) is 0 Å². The molecule has 2 heterocycles. The first kappa shape index (κ1) is 15.7. The summed E-state index contributed by atoms with van der Waals surface area (Å²) in [6.45, 7) is 6.68. The second-order valence-corrected chi connectivity index (χ2v) is 6.71. The molecule has 0 saturated heterocycles. The van der Waals surface area contributed by atoms with Crippen LogP contribution in [-0.4, -0.2) is 32.1 Å². The van der Waals surface area contributed by atoms with E-state index in [0.29, 0.717) is 28.7 Å². The molecule has 0 radical (unpaired) electrons. The maximum absolute atomic E-state index is 6.24. The molecule has 6 nitrogen and oxygen atoms in total. The third-order valence-electron chi connectivity index (χ3n) is 3.48. The Morgan fingerprint density at radius 1 is 1.13 bits per heavy atom. The highest BCUT2D eigenvalue weighted by Gasteiger charge is 2.22. The molecule has 120 valence electrons. The van der Waals surface area contributed by atoms with E-state index in [0.717, 1.165) is 11.3 Å². The first-order valence-electron chi connectivity index (χ1n) is 7.28. The minimum absolute atomic E-state index is 0.201. The van der Waals surface area contributed by atoms with Crippen LogP contribution in [0.25, 0.3) is 11.2 Å². The van der Waals surface area contributed by atoms with Gasteiger partial charge < -0.3 is 4.74 Å². The molecular formula is C16H18ClN5O. The lowest BCUT2D eigenvalue weighted by Gasteiger charge is -2.16. The van der Waals surface area contributed by atoms with E-state index in [1.54, 1.807) is 11.8 Å². The predicted octanol–water partition coefficient (Wildman–Crippen LogP) is 3.23. The van der Waals surface area contributed by atoms with Crippen LogP contribution in [0, 0.1) is 0 Å². The van der Waals surface area contributed by atoms with Gasteiger partial charge in [-0.1, -0.05) is 49.7 Å². The quantitative estimate of drug-likeness (QED) is 0.689. The van der Waals surface area contributed by atoms with Crippen LogP contribution in [0.3, 0.4) is 0 Å². The summed E-state index contributed by atoms with van der Waals surface area (Å²) >= 11 is 6.24. The van der Waals surface area contributed by atoms with Gasteiger partial charge in [-0.05, 0) is 17.7 Å². The fraction of sp³-hybridized carbons (Fsp3) is 0.375. The largest absolute Gasteiger partial charge is 0.497 e. The Morgan fingerprint density at radius 3 is 2.43 bits per heavy atom. The second-order valence-electron chi connectivity index (χ2n) is 6.36. The summed E-state index contributed by atoms with van der Waals surface area (Å²) in [7, 11) is 1.65. The number of methoxy groups -OCH3 is 1. The molecule has 3 rings (SSSR count). The minimum atomic E-state index is -0.201. The topological polar surface area (TPSA) is 65.7 Å². The van der Waals surface area contributed by atoms with Crippen molar-refractivity contribution in [3.05, 3.63) is 40.8 Å². The number of nitrogens with zero attached hydrogens (tertiary/aromatic N) is 5. The molecule has 0 aliphatic heterocycles. The van der Waals surface area contributed by atoms with Gasteiger partial charge in [0.2, 0.25) is 0 Å². The summed E-state index contributed by atoms with van der Waals surface area (Å²) in [5, 5.41) is 8.60. The van der Waals surface area contributed by atoms with E-state index in [2.05, 4.69) is 20.3 Å². The van der Waals surface area contributed by atoms with E-state index < -0.39 is 0 Å². The van der Waals surface area contributed by atoms with Crippen LogP contribution < -0.4 is 4.74 Å². The number of halogens is 1. The predicted molar refractivity (Wildman–Crippen MR) is 88.9 cm³/mol.